The third-order valence-electron chi connectivity index (χ3n) is 4.04. The Morgan fingerprint density at radius 3 is 2.42 bits per heavy atom. The predicted molar refractivity (Wildman–Crippen MR) is 90.6 cm³/mol. The SMILES string of the molecule is Cc1ccccc1C(C)(C)C(=O)Nc1ccc(CC(=O)O)c(F)c1. The molecule has 0 aliphatic heterocycles. The predicted octanol–water partition coefficient (Wildman–Crippen LogP) is 3.68. The third-order valence-corrected chi connectivity index (χ3v) is 4.04. The van der Waals surface area contributed by atoms with E-state index in [1.54, 1.807) is 13.8 Å². The van der Waals surface area contributed by atoms with E-state index in [4.69, 9.17) is 5.11 Å². The number of carbonyl (C=O) groups is 2. The third kappa shape index (κ3) is 3.79. The monoisotopic (exact) mass is 329 g/mol. The van der Waals surface area contributed by atoms with Gasteiger partial charge in [0.15, 0.2) is 0 Å². The number of hydrogen-bond donors (Lipinski definition) is 2. The van der Waals surface area contributed by atoms with Crippen molar-refractivity contribution in [3.05, 3.63) is 65.0 Å². The van der Waals surface area contributed by atoms with Crippen LogP contribution in [-0.2, 0) is 21.4 Å². The van der Waals surface area contributed by atoms with Crippen LogP contribution in [0.4, 0.5) is 10.1 Å². The summed E-state index contributed by atoms with van der Waals surface area (Å²) in [5, 5.41) is 11.4. The van der Waals surface area contributed by atoms with E-state index in [1.165, 1.54) is 12.1 Å². The zero-order valence-electron chi connectivity index (χ0n) is 13.9. The summed E-state index contributed by atoms with van der Waals surface area (Å²) in [6, 6.07) is 11.6. The molecular formula is C19H20FNO3. The molecule has 0 bridgehead atoms. The second-order valence-corrected chi connectivity index (χ2v) is 6.27. The number of benzene rings is 2. The summed E-state index contributed by atoms with van der Waals surface area (Å²) in [5.41, 5.74) is 1.49. The van der Waals surface area contributed by atoms with Crippen LogP contribution in [0.5, 0.6) is 0 Å². The number of nitrogens with one attached hydrogen (secondary N) is 1. The first-order valence-electron chi connectivity index (χ1n) is 7.59. The minimum atomic E-state index is -1.11. The lowest BCUT2D eigenvalue weighted by Crippen LogP contribution is -2.35. The molecule has 2 N–H and O–H groups in total. The van der Waals surface area contributed by atoms with Crippen molar-refractivity contribution in [2.45, 2.75) is 32.6 Å². The van der Waals surface area contributed by atoms with Crippen molar-refractivity contribution in [2.75, 3.05) is 5.32 Å². The molecule has 0 aliphatic rings. The number of carbonyl (C=O) groups excluding carboxylic acids is 1. The smallest absolute Gasteiger partial charge is 0.307 e. The molecule has 0 aliphatic carbocycles. The van der Waals surface area contributed by atoms with E-state index in [-0.39, 0.29) is 11.5 Å². The second kappa shape index (κ2) is 6.83. The maximum atomic E-state index is 13.9. The lowest BCUT2D eigenvalue weighted by molar-refractivity contribution is -0.136. The lowest BCUT2D eigenvalue weighted by atomic mass is 9.81. The van der Waals surface area contributed by atoms with Gasteiger partial charge in [-0.1, -0.05) is 30.3 Å². The van der Waals surface area contributed by atoms with Gasteiger partial charge in [0, 0.05) is 5.69 Å². The number of rotatable bonds is 5. The average molecular weight is 329 g/mol. The Bertz CT molecular complexity index is 784. The van der Waals surface area contributed by atoms with Crippen LogP contribution in [0.2, 0.25) is 0 Å². The summed E-state index contributed by atoms with van der Waals surface area (Å²) in [4.78, 5) is 23.3. The van der Waals surface area contributed by atoms with Crippen LogP contribution >= 0.6 is 0 Å². The van der Waals surface area contributed by atoms with E-state index in [0.717, 1.165) is 17.2 Å². The number of aryl methyl sites for hydroxylation is 1. The van der Waals surface area contributed by atoms with Crippen molar-refractivity contribution >= 4 is 17.6 Å². The largest absolute Gasteiger partial charge is 0.481 e. The fraction of sp³-hybridized carbons (Fsp3) is 0.263. The molecule has 0 saturated carbocycles. The molecule has 2 rings (SSSR count). The molecule has 2 aromatic rings. The maximum absolute atomic E-state index is 13.9. The number of carboxylic acids is 1. The fourth-order valence-corrected chi connectivity index (χ4v) is 2.62. The van der Waals surface area contributed by atoms with Crippen molar-refractivity contribution in [3.63, 3.8) is 0 Å². The van der Waals surface area contributed by atoms with Gasteiger partial charge in [-0.25, -0.2) is 4.39 Å². The Hall–Kier alpha value is -2.69. The van der Waals surface area contributed by atoms with Gasteiger partial charge in [-0.15, -0.1) is 0 Å². The van der Waals surface area contributed by atoms with Gasteiger partial charge in [-0.2, -0.15) is 0 Å². The van der Waals surface area contributed by atoms with Crippen molar-refractivity contribution in [1.29, 1.82) is 0 Å². The first-order chi connectivity index (χ1) is 11.2. The quantitative estimate of drug-likeness (QED) is 0.879. The van der Waals surface area contributed by atoms with Gasteiger partial charge in [0.05, 0.1) is 11.8 Å². The van der Waals surface area contributed by atoms with Crippen molar-refractivity contribution in [1.82, 2.24) is 0 Å². The van der Waals surface area contributed by atoms with Crippen molar-refractivity contribution in [3.8, 4) is 0 Å². The molecule has 4 nitrogen and oxygen atoms in total. The fourth-order valence-electron chi connectivity index (χ4n) is 2.62. The van der Waals surface area contributed by atoms with Gasteiger partial charge in [0.2, 0.25) is 5.91 Å². The average Bonchev–Trinajstić information content (AvgIpc) is 2.50. The zero-order valence-corrected chi connectivity index (χ0v) is 13.9. The molecule has 0 unspecified atom stereocenters. The minimum absolute atomic E-state index is 0.0821. The van der Waals surface area contributed by atoms with Gasteiger partial charge in [0.1, 0.15) is 5.82 Å². The van der Waals surface area contributed by atoms with Crippen LogP contribution in [0.25, 0.3) is 0 Å². The summed E-state index contributed by atoms with van der Waals surface area (Å²) < 4.78 is 13.9. The highest BCUT2D eigenvalue weighted by Gasteiger charge is 2.31. The topological polar surface area (TPSA) is 66.4 Å². The number of halogens is 1. The molecule has 0 saturated heterocycles. The zero-order chi connectivity index (χ0) is 17.9. The van der Waals surface area contributed by atoms with Crippen molar-refractivity contribution in [2.24, 2.45) is 0 Å². The van der Waals surface area contributed by atoms with Crippen LogP contribution in [0.15, 0.2) is 42.5 Å². The van der Waals surface area contributed by atoms with Gasteiger partial charge >= 0.3 is 5.97 Å². The Kier molecular flexibility index (Phi) is 5.02. The summed E-state index contributed by atoms with van der Waals surface area (Å²) in [6.45, 7) is 5.55. The molecule has 0 aromatic heterocycles. The Balaban J connectivity index is 2.21. The molecule has 5 heteroatoms. The van der Waals surface area contributed by atoms with Crippen molar-refractivity contribution < 1.29 is 19.1 Å². The summed E-state index contributed by atoms with van der Waals surface area (Å²) >= 11 is 0. The molecule has 24 heavy (non-hydrogen) atoms. The summed E-state index contributed by atoms with van der Waals surface area (Å²) in [6.07, 6.45) is -0.394. The molecule has 0 radical (unpaired) electrons. The molecule has 0 spiro atoms. The number of anilines is 1. The highest BCUT2D eigenvalue weighted by Crippen LogP contribution is 2.28. The summed E-state index contributed by atoms with van der Waals surface area (Å²) in [5.74, 6) is -2.02. The van der Waals surface area contributed by atoms with Gasteiger partial charge < -0.3 is 10.4 Å². The van der Waals surface area contributed by atoms with Crippen LogP contribution in [0.1, 0.15) is 30.5 Å². The van der Waals surface area contributed by atoms with Crippen LogP contribution in [0.3, 0.4) is 0 Å². The van der Waals surface area contributed by atoms with E-state index in [1.807, 2.05) is 31.2 Å². The lowest BCUT2D eigenvalue weighted by Gasteiger charge is -2.26. The standard InChI is InChI=1S/C19H20FNO3/c1-12-6-4-5-7-15(12)19(2,3)18(24)21-14-9-8-13(10-17(22)23)16(20)11-14/h4-9,11H,10H2,1-3H3,(H,21,24)(H,22,23). The summed E-state index contributed by atoms with van der Waals surface area (Å²) in [7, 11) is 0. The number of hydrogen-bond acceptors (Lipinski definition) is 2. The van der Waals surface area contributed by atoms with E-state index in [0.29, 0.717) is 5.69 Å². The van der Waals surface area contributed by atoms with Gasteiger partial charge in [-0.3, -0.25) is 9.59 Å². The number of carboxylic acid groups (broad SMARTS) is 1. The van der Waals surface area contributed by atoms with E-state index < -0.39 is 23.6 Å². The normalized spacial score (nSPS) is 11.2. The van der Waals surface area contributed by atoms with Crippen LogP contribution in [0, 0.1) is 12.7 Å². The Morgan fingerprint density at radius 2 is 1.83 bits per heavy atom. The minimum Gasteiger partial charge on any atom is -0.481 e. The molecule has 0 heterocycles. The molecule has 0 fully saturated rings. The van der Waals surface area contributed by atoms with Crippen LogP contribution < -0.4 is 5.32 Å². The molecule has 1 amide bonds. The molecule has 2 aromatic carbocycles. The number of aliphatic carboxylic acids is 1. The maximum Gasteiger partial charge on any atom is 0.307 e. The Morgan fingerprint density at radius 1 is 1.17 bits per heavy atom. The highest BCUT2D eigenvalue weighted by molar-refractivity contribution is 5.98. The highest BCUT2D eigenvalue weighted by atomic mass is 19.1. The van der Waals surface area contributed by atoms with Gasteiger partial charge in [0.25, 0.3) is 0 Å². The van der Waals surface area contributed by atoms with Crippen LogP contribution in [-0.4, -0.2) is 17.0 Å². The second-order valence-electron chi connectivity index (χ2n) is 6.27. The first-order valence-corrected chi connectivity index (χ1v) is 7.59. The van der Waals surface area contributed by atoms with E-state index in [2.05, 4.69) is 5.32 Å². The van der Waals surface area contributed by atoms with E-state index in [9.17, 15) is 14.0 Å². The van der Waals surface area contributed by atoms with Gasteiger partial charge in [-0.05, 0) is 49.6 Å². The Labute approximate surface area is 140 Å². The number of amides is 1. The molecular weight excluding hydrogens is 309 g/mol. The van der Waals surface area contributed by atoms with E-state index >= 15 is 0 Å². The molecule has 126 valence electrons. The first kappa shape index (κ1) is 17.7. The molecule has 0 atom stereocenters.